The van der Waals surface area contributed by atoms with Gasteiger partial charge in [-0.15, -0.1) is 0 Å². The number of pyridine rings is 1. The molecule has 0 bridgehead atoms. The maximum atomic E-state index is 13.3. The van der Waals surface area contributed by atoms with Crippen molar-refractivity contribution in [2.75, 3.05) is 11.4 Å². The molecule has 0 aliphatic carbocycles. The molecule has 0 unspecified atom stereocenters. The molecule has 2 heterocycles. The number of halogens is 1. The highest BCUT2D eigenvalue weighted by Crippen LogP contribution is 2.25. The second kappa shape index (κ2) is 6.56. The summed E-state index contributed by atoms with van der Waals surface area (Å²) in [7, 11) is 0. The van der Waals surface area contributed by atoms with Gasteiger partial charge in [0, 0.05) is 31.2 Å². The Morgan fingerprint density at radius 2 is 2.09 bits per heavy atom. The Labute approximate surface area is 133 Å². The number of aromatic nitrogens is 1. The van der Waals surface area contributed by atoms with Crippen LogP contribution in [0.1, 0.15) is 12.0 Å². The zero-order valence-corrected chi connectivity index (χ0v) is 12.4. The highest BCUT2D eigenvalue weighted by atomic mass is 19.1. The van der Waals surface area contributed by atoms with E-state index >= 15 is 0 Å². The predicted molar refractivity (Wildman–Crippen MR) is 82.9 cm³/mol. The molecule has 1 aromatic carbocycles. The predicted octanol–water partition coefficient (Wildman–Crippen LogP) is 1.89. The summed E-state index contributed by atoms with van der Waals surface area (Å²) in [4.78, 5) is 30.0. The average Bonchev–Trinajstić information content (AvgIpc) is 2.95. The van der Waals surface area contributed by atoms with Crippen molar-refractivity contribution in [3.63, 3.8) is 0 Å². The highest BCUT2D eigenvalue weighted by molar-refractivity contribution is 6.09. The summed E-state index contributed by atoms with van der Waals surface area (Å²) >= 11 is 0. The van der Waals surface area contributed by atoms with E-state index in [4.69, 9.17) is 0 Å². The van der Waals surface area contributed by atoms with Crippen LogP contribution in [0.4, 0.5) is 10.1 Å². The van der Waals surface area contributed by atoms with Crippen LogP contribution in [0.25, 0.3) is 0 Å². The van der Waals surface area contributed by atoms with Gasteiger partial charge in [-0.05, 0) is 42.3 Å². The van der Waals surface area contributed by atoms with Crippen molar-refractivity contribution in [1.82, 2.24) is 10.3 Å². The summed E-state index contributed by atoms with van der Waals surface area (Å²) in [6.07, 6.45) is 3.72. The third-order valence-electron chi connectivity index (χ3n) is 3.86. The van der Waals surface area contributed by atoms with Crippen LogP contribution in [-0.2, 0) is 16.1 Å². The molecule has 1 saturated heterocycles. The normalized spacial score (nSPS) is 17.3. The molecule has 2 amide bonds. The van der Waals surface area contributed by atoms with Gasteiger partial charge in [-0.25, -0.2) is 4.39 Å². The summed E-state index contributed by atoms with van der Waals surface area (Å²) in [6, 6.07) is 9.44. The fourth-order valence-corrected chi connectivity index (χ4v) is 2.64. The molecule has 0 radical (unpaired) electrons. The number of anilines is 1. The van der Waals surface area contributed by atoms with E-state index in [2.05, 4.69) is 10.3 Å². The molecule has 1 N–H and O–H groups in total. The monoisotopic (exact) mass is 313 g/mol. The van der Waals surface area contributed by atoms with E-state index in [0.717, 1.165) is 5.56 Å². The number of benzene rings is 1. The van der Waals surface area contributed by atoms with Crippen LogP contribution < -0.4 is 10.2 Å². The fourth-order valence-electron chi connectivity index (χ4n) is 2.64. The summed E-state index contributed by atoms with van der Waals surface area (Å²) in [6.45, 7) is 0.765. The first kappa shape index (κ1) is 15.1. The van der Waals surface area contributed by atoms with Gasteiger partial charge in [-0.3, -0.25) is 14.6 Å². The van der Waals surface area contributed by atoms with E-state index in [1.54, 1.807) is 36.7 Å². The number of hydrogen-bond donors (Lipinski definition) is 1. The number of carbonyl (C=O) groups excluding carboxylic acids is 2. The minimum Gasteiger partial charge on any atom is -0.351 e. The minimum absolute atomic E-state index is 0.289. The first-order valence-electron chi connectivity index (χ1n) is 7.39. The van der Waals surface area contributed by atoms with Crippen LogP contribution in [-0.4, -0.2) is 23.3 Å². The molecule has 1 aliphatic heterocycles. The number of hydrogen-bond acceptors (Lipinski definition) is 3. The SMILES string of the molecule is O=C(NCc1ccncc1)[C@H]1CCN(c2cccc(F)c2)C1=O. The lowest BCUT2D eigenvalue weighted by Crippen LogP contribution is -2.36. The van der Waals surface area contributed by atoms with Gasteiger partial charge >= 0.3 is 0 Å². The van der Waals surface area contributed by atoms with Crippen molar-refractivity contribution in [1.29, 1.82) is 0 Å². The quantitative estimate of drug-likeness (QED) is 0.877. The van der Waals surface area contributed by atoms with Crippen LogP contribution in [0.5, 0.6) is 0 Å². The first-order chi connectivity index (χ1) is 11.1. The van der Waals surface area contributed by atoms with Crippen molar-refractivity contribution in [2.24, 2.45) is 5.92 Å². The molecule has 2 aromatic rings. The van der Waals surface area contributed by atoms with E-state index in [1.807, 2.05) is 0 Å². The largest absolute Gasteiger partial charge is 0.351 e. The number of rotatable bonds is 4. The molecule has 3 rings (SSSR count). The second-order valence-electron chi connectivity index (χ2n) is 5.38. The maximum Gasteiger partial charge on any atom is 0.239 e. The number of amides is 2. The molecule has 6 heteroatoms. The Morgan fingerprint density at radius 3 is 2.83 bits per heavy atom. The number of nitrogens with zero attached hydrogens (tertiary/aromatic N) is 2. The first-order valence-corrected chi connectivity index (χ1v) is 7.39. The van der Waals surface area contributed by atoms with E-state index < -0.39 is 11.7 Å². The van der Waals surface area contributed by atoms with Crippen molar-refractivity contribution in [3.05, 3.63) is 60.2 Å². The fraction of sp³-hybridized carbons (Fsp3) is 0.235. The standard InChI is InChI=1S/C17H16FN3O2/c18-13-2-1-3-14(10-13)21-9-6-15(17(21)23)16(22)20-11-12-4-7-19-8-5-12/h1-5,7-8,10,15H,6,9,11H2,(H,20,22)/t15-/m1/s1. The molecule has 5 nitrogen and oxygen atoms in total. The van der Waals surface area contributed by atoms with Crippen molar-refractivity contribution >= 4 is 17.5 Å². The molecular weight excluding hydrogens is 297 g/mol. The van der Waals surface area contributed by atoms with E-state index in [1.165, 1.54) is 17.0 Å². The Kier molecular flexibility index (Phi) is 4.32. The molecular formula is C17H16FN3O2. The van der Waals surface area contributed by atoms with Gasteiger partial charge in [0.05, 0.1) is 0 Å². The van der Waals surface area contributed by atoms with Gasteiger partial charge in [0.1, 0.15) is 11.7 Å². The summed E-state index contributed by atoms with van der Waals surface area (Å²) < 4.78 is 13.3. The van der Waals surface area contributed by atoms with Crippen LogP contribution in [0.15, 0.2) is 48.8 Å². The van der Waals surface area contributed by atoms with Gasteiger partial charge in [-0.1, -0.05) is 6.07 Å². The molecule has 1 atom stereocenters. The lowest BCUT2D eigenvalue weighted by atomic mass is 10.1. The number of nitrogens with one attached hydrogen (secondary N) is 1. The Balaban J connectivity index is 1.63. The topological polar surface area (TPSA) is 62.3 Å². The van der Waals surface area contributed by atoms with Crippen LogP contribution in [0, 0.1) is 11.7 Å². The third kappa shape index (κ3) is 3.36. The van der Waals surface area contributed by atoms with E-state index in [-0.39, 0.29) is 11.8 Å². The Bertz CT molecular complexity index is 721. The van der Waals surface area contributed by atoms with Gasteiger partial charge in [0.2, 0.25) is 11.8 Å². The lowest BCUT2D eigenvalue weighted by molar-refractivity contribution is -0.132. The van der Waals surface area contributed by atoms with Crippen molar-refractivity contribution in [2.45, 2.75) is 13.0 Å². The number of carbonyl (C=O) groups is 2. The van der Waals surface area contributed by atoms with Crippen LogP contribution in [0.3, 0.4) is 0 Å². The molecule has 0 saturated carbocycles. The second-order valence-corrected chi connectivity index (χ2v) is 5.38. The van der Waals surface area contributed by atoms with Gasteiger partial charge in [0.15, 0.2) is 0 Å². The molecule has 1 aliphatic rings. The van der Waals surface area contributed by atoms with Crippen molar-refractivity contribution in [3.8, 4) is 0 Å². The van der Waals surface area contributed by atoms with Crippen LogP contribution in [0.2, 0.25) is 0 Å². The smallest absolute Gasteiger partial charge is 0.239 e. The summed E-state index contributed by atoms with van der Waals surface area (Å²) in [5, 5.41) is 2.77. The lowest BCUT2D eigenvalue weighted by Gasteiger charge is -2.16. The van der Waals surface area contributed by atoms with Gasteiger partial charge in [0.25, 0.3) is 0 Å². The van der Waals surface area contributed by atoms with E-state index in [0.29, 0.717) is 25.2 Å². The zero-order valence-electron chi connectivity index (χ0n) is 12.4. The van der Waals surface area contributed by atoms with Gasteiger partial charge < -0.3 is 10.2 Å². The zero-order chi connectivity index (χ0) is 16.2. The third-order valence-corrected chi connectivity index (χ3v) is 3.86. The average molecular weight is 313 g/mol. The van der Waals surface area contributed by atoms with Gasteiger partial charge in [-0.2, -0.15) is 0 Å². The summed E-state index contributed by atoms with van der Waals surface area (Å²) in [5.74, 6) is -1.71. The molecule has 1 fully saturated rings. The maximum absolute atomic E-state index is 13.3. The molecule has 1 aromatic heterocycles. The highest BCUT2D eigenvalue weighted by Gasteiger charge is 2.37. The Morgan fingerprint density at radius 1 is 1.30 bits per heavy atom. The van der Waals surface area contributed by atoms with Crippen LogP contribution >= 0.6 is 0 Å². The minimum atomic E-state index is -0.722. The summed E-state index contributed by atoms with van der Waals surface area (Å²) in [5.41, 5.74) is 1.40. The molecule has 23 heavy (non-hydrogen) atoms. The molecule has 118 valence electrons. The van der Waals surface area contributed by atoms with E-state index in [9.17, 15) is 14.0 Å². The van der Waals surface area contributed by atoms with Crippen molar-refractivity contribution < 1.29 is 14.0 Å². The Hall–Kier alpha value is -2.76. The molecule has 0 spiro atoms.